The lowest BCUT2D eigenvalue weighted by molar-refractivity contribution is -0.384. The standard InChI is InChI=1S/C14H11N3O5S2/c1-16-12-7-2-9(8-13(12)23-14(16)18)15-24(21,22)11-5-3-10(4-6-11)17(19)20/h2-8,15H,1H3. The Bertz CT molecular complexity index is 1100. The molecule has 0 unspecified atom stereocenters. The van der Waals surface area contributed by atoms with Crippen LogP contribution in [0.2, 0.25) is 0 Å². The zero-order valence-electron chi connectivity index (χ0n) is 12.3. The number of thiazole rings is 1. The highest BCUT2D eigenvalue weighted by Crippen LogP contribution is 2.24. The number of nitrogens with zero attached hydrogens (tertiary/aromatic N) is 2. The second-order valence-corrected chi connectivity index (χ2v) is 7.64. The average molecular weight is 365 g/mol. The highest BCUT2D eigenvalue weighted by molar-refractivity contribution is 7.92. The Morgan fingerprint density at radius 1 is 1.17 bits per heavy atom. The van der Waals surface area contributed by atoms with Gasteiger partial charge in [0.2, 0.25) is 0 Å². The third-order valence-electron chi connectivity index (χ3n) is 3.40. The van der Waals surface area contributed by atoms with Crippen molar-refractivity contribution in [2.24, 2.45) is 7.05 Å². The van der Waals surface area contributed by atoms with Crippen molar-refractivity contribution in [3.8, 4) is 0 Å². The molecule has 1 aromatic heterocycles. The summed E-state index contributed by atoms with van der Waals surface area (Å²) in [5.74, 6) is 0. The monoisotopic (exact) mass is 365 g/mol. The van der Waals surface area contributed by atoms with E-state index in [0.29, 0.717) is 15.9 Å². The molecule has 0 aliphatic heterocycles. The minimum Gasteiger partial charge on any atom is -0.302 e. The van der Waals surface area contributed by atoms with E-state index >= 15 is 0 Å². The fraction of sp³-hybridized carbons (Fsp3) is 0.0714. The molecule has 0 spiro atoms. The highest BCUT2D eigenvalue weighted by atomic mass is 32.2. The van der Waals surface area contributed by atoms with Crippen molar-refractivity contribution in [1.29, 1.82) is 0 Å². The number of nitro groups is 1. The van der Waals surface area contributed by atoms with Gasteiger partial charge in [-0.3, -0.25) is 19.6 Å². The van der Waals surface area contributed by atoms with Gasteiger partial charge >= 0.3 is 4.87 Å². The van der Waals surface area contributed by atoms with E-state index in [1.54, 1.807) is 25.2 Å². The number of rotatable bonds is 4. The molecule has 2 aromatic carbocycles. The van der Waals surface area contributed by atoms with Crippen LogP contribution >= 0.6 is 11.3 Å². The number of non-ortho nitro benzene ring substituents is 1. The normalized spacial score (nSPS) is 11.5. The highest BCUT2D eigenvalue weighted by Gasteiger charge is 2.16. The molecule has 0 aliphatic rings. The number of benzene rings is 2. The van der Waals surface area contributed by atoms with Gasteiger partial charge < -0.3 is 4.57 Å². The van der Waals surface area contributed by atoms with Crippen LogP contribution in [0, 0.1) is 10.1 Å². The SMILES string of the molecule is Cn1c(=O)sc2cc(NS(=O)(=O)c3ccc([N+](=O)[O-])cc3)ccc21. The van der Waals surface area contributed by atoms with E-state index in [4.69, 9.17) is 0 Å². The maximum Gasteiger partial charge on any atom is 0.307 e. The predicted octanol–water partition coefficient (Wildman–Crippen LogP) is 2.31. The molecule has 0 saturated heterocycles. The molecule has 0 radical (unpaired) electrons. The van der Waals surface area contributed by atoms with Crippen LogP contribution in [0.5, 0.6) is 0 Å². The van der Waals surface area contributed by atoms with Gasteiger partial charge in [0, 0.05) is 19.2 Å². The molecular weight excluding hydrogens is 354 g/mol. The summed E-state index contributed by atoms with van der Waals surface area (Å²) < 4.78 is 29.2. The number of aromatic nitrogens is 1. The fourth-order valence-electron chi connectivity index (χ4n) is 2.16. The van der Waals surface area contributed by atoms with E-state index in [1.165, 1.54) is 16.7 Å². The van der Waals surface area contributed by atoms with Crippen molar-refractivity contribution in [3.63, 3.8) is 0 Å². The first-order chi connectivity index (χ1) is 11.3. The Kier molecular flexibility index (Phi) is 3.85. The van der Waals surface area contributed by atoms with E-state index in [-0.39, 0.29) is 15.5 Å². The second-order valence-electron chi connectivity index (χ2n) is 4.97. The van der Waals surface area contributed by atoms with E-state index in [0.717, 1.165) is 23.5 Å². The van der Waals surface area contributed by atoms with E-state index in [9.17, 15) is 23.3 Å². The van der Waals surface area contributed by atoms with E-state index < -0.39 is 14.9 Å². The van der Waals surface area contributed by atoms with Gasteiger partial charge in [-0.05, 0) is 30.3 Å². The number of nitrogens with one attached hydrogen (secondary N) is 1. The van der Waals surface area contributed by atoms with Gasteiger partial charge in [-0.25, -0.2) is 8.42 Å². The van der Waals surface area contributed by atoms with Crippen LogP contribution in [0.4, 0.5) is 11.4 Å². The largest absolute Gasteiger partial charge is 0.307 e. The summed E-state index contributed by atoms with van der Waals surface area (Å²) in [6.07, 6.45) is 0. The van der Waals surface area contributed by atoms with Crippen LogP contribution in [-0.4, -0.2) is 17.9 Å². The Morgan fingerprint density at radius 3 is 2.46 bits per heavy atom. The summed E-state index contributed by atoms with van der Waals surface area (Å²) in [5.41, 5.74) is 0.829. The average Bonchev–Trinajstić information content (AvgIpc) is 2.81. The molecule has 0 bridgehead atoms. The Morgan fingerprint density at radius 2 is 1.83 bits per heavy atom. The van der Waals surface area contributed by atoms with Gasteiger partial charge in [-0.2, -0.15) is 0 Å². The molecule has 0 fully saturated rings. The number of aryl methyl sites for hydroxylation is 1. The van der Waals surface area contributed by atoms with Crippen molar-refractivity contribution in [2.45, 2.75) is 4.90 Å². The molecule has 0 atom stereocenters. The Balaban J connectivity index is 1.94. The summed E-state index contributed by atoms with van der Waals surface area (Å²) in [4.78, 5) is 21.4. The van der Waals surface area contributed by atoms with Crippen molar-refractivity contribution in [1.82, 2.24) is 4.57 Å². The number of sulfonamides is 1. The first kappa shape index (κ1) is 16.1. The first-order valence-corrected chi connectivity index (χ1v) is 8.95. The third kappa shape index (κ3) is 2.88. The molecule has 3 aromatic rings. The van der Waals surface area contributed by atoms with Crippen molar-refractivity contribution in [2.75, 3.05) is 4.72 Å². The zero-order valence-corrected chi connectivity index (χ0v) is 13.9. The van der Waals surface area contributed by atoms with Crippen LogP contribution in [0.3, 0.4) is 0 Å². The molecule has 0 saturated carbocycles. The summed E-state index contributed by atoms with van der Waals surface area (Å²) >= 11 is 1.02. The Labute approximate surface area is 140 Å². The maximum atomic E-state index is 12.3. The second kappa shape index (κ2) is 5.73. The molecule has 1 N–H and O–H groups in total. The topological polar surface area (TPSA) is 111 Å². The molecule has 10 heteroatoms. The summed E-state index contributed by atoms with van der Waals surface area (Å²) in [6, 6.07) is 9.37. The minimum absolute atomic E-state index is 0.0885. The molecule has 124 valence electrons. The minimum atomic E-state index is -3.88. The van der Waals surface area contributed by atoms with Crippen molar-refractivity contribution >= 4 is 43.0 Å². The molecule has 3 rings (SSSR count). The van der Waals surface area contributed by atoms with Crippen LogP contribution < -0.4 is 9.60 Å². The lowest BCUT2D eigenvalue weighted by Gasteiger charge is -2.08. The number of nitro benzene ring substituents is 1. The molecule has 8 nitrogen and oxygen atoms in total. The first-order valence-electron chi connectivity index (χ1n) is 6.65. The predicted molar refractivity (Wildman–Crippen MR) is 91.0 cm³/mol. The molecular formula is C14H11N3O5S2. The quantitative estimate of drug-likeness (QED) is 0.563. The molecule has 24 heavy (non-hydrogen) atoms. The van der Waals surface area contributed by atoms with Crippen LogP contribution in [0.1, 0.15) is 0 Å². The van der Waals surface area contributed by atoms with Gasteiger partial charge in [0.1, 0.15) is 0 Å². The van der Waals surface area contributed by atoms with Crippen LogP contribution in [0.25, 0.3) is 10.2 Å². The molecule has 0 amide bonds. The fourth-order valence-corrected chi connectivity index (χ4v) is 4.13. The van der Waals surface area contributed by atoms with Gasteiger partial charge in [0.15, 0.2) is 0 Å². The molecule has 0 aliphatic carbocycles. The molecule has 1 heterocycles. The van der Waals surface area contributed by atoms with Crippen molar-refractivity contribution < 1.29 is 13.3 Å². The lowest BCUT2D eigenvalue weighted by atomic mass is 10.3. The maximum absolute atomic E-state index is 12.3. The van der Waals surface area contributed by atoms with Crippen molar-refractivity contribution in [3.05, 3.63) is 62.2 Å². The van der Waals surface area contributed by atoms with Crippen LogP contribution in [-0.2, 0) is 17.1 Å². The van der Waals surface area contributed by atoms with Gasteiger partial charge in [-0.1, -0.05) is 11.3 Å². The third-order valence-corrected chi connectivity index (χ3v) is 5.79. The summed E-state index contributed by atoms with van der Waals surface area (Å²) in [6.45, 7) is 0. The van der Waals surface area contributed by atoms with E-state index in [1.807, 2.05) is 0 Å². The van der Waals surface area contributed by atoms with Gasteiger partial charge in [0.25, 0.3) is 15.7 Å². The number of hydrogen-bond acceptors (Lipinski definition) is 6. The Hall–Kier alpha value is -2.72. The summed E-state index contributed by atoms with van der Waals surface area (Å²) in [7, 11) is -2.24. The lowest BCUT2D eigenvalue weighted by Crippen LogP contribution is -2.12. The number of fused-ring (bicyclic) bond motifs is 1. The zero-order chi connectivity index (χ0) is 17.5. The summed E-state index contributed by atoms with van der Waals surface area (Å²) in [5, 5.41) is 10.6. The number of hydrogen-bond donors (Lipinski definition) is 1. The number of anilines is 1. The van der Waals surface area contributed by atoms with E-state index in [2.05, 4.69) is 4.72 Å². The van der Waals surface area contributed by atoms with Crippen LogP contribution in [0.15, 0.2) is 52.2 Å². The van der Waals surface area contributed by atoms with Gasteiger partial charge in [-0.15, -0.1) is 0 Å². The van der Waals surface area contributed by atoms with Gasteiger partial charge in [0.05, 0.1) is 25.7 Å². The smallest absolute Gasteiger partial charge is 0.302 e.